The maximum atomic E-state index is 12.3. The predicted octanol–water partition coefficient (Wildman–Crippen LogP) is 3.20. The maximum absolute atomic E-state index is 12.3. The van der Waals surface area contributed by atoms with Gasteiger partial charge in [-0.2, -0.15) is 0 Å². The second kappa shape index (κ2) is 7.58. The zero-order chi connectivity index (χ0) is 16.8. The molecule has 2 aromatic rings. The highest BCUT2D eigenvalue weighted by Crippen LogP contribution is 2.12. The number of hydrogen-bond donors (Lipinski definition) is 0. The van der Waals surface area contributed by atoms with Crippen molar-refractivity contribution in [3.63, 3.8) is 0 Å². The minimum absolute atomic E-state index is 0.0113. The minimum Gasteiger partial charge on any atom is -0.624 e. The Morgan fingerprint density at radius 2 is 1.74 bits per heavy atom. The van der Waals surface area contributed by atoms with Gasteiger partial charge >= 0.3 is 0 Å². The normalized spacial score (nSPS) is 12.7. The van der Waals surface area contributed by atoms with Crippen LogP contribution in [0.3, 0.4) is 0 Å². The van der Waals surface area contributed by atoms with Crippen molar-refractivity contribution in [3.8, 4) is 0 Å². The summed E-state index contributed by atoms with van der Waals surface area (Å²) in [6, 6.07) is 16.8. The van der Waals surface area contributed by atoms with Crippen LogP contribution in [0.1, 0.15) is 22.8 Å². The van der Waals surface area contributed by atoms with Crippen molar-refractivity contribution in [2.75, 3.05) is 25.5 Å². The third-order valence-electron chi connectivity index (χ3n) is 3.66. The van der Waals surface area contributed by atoms with Crippen LogP contribution < -0.4 is 4.90 Å². The fourth-order valence-electron chi connectivity index (χ4n) is 2.32. The molecule has 0 amide bonds. The van der Waals surface area contributed by atoms with Crippen LogP contribution >= 0.6 is 0 Å². The van der Waals surface area contributed by atoms with E-state index in [-0.39, 0.29) is 18.2 Å². The Hall–Kier alpha value is -2.62. The fraction of sp³-hybridized carbons (Fsp3) is 0.263. The van der Waals surface area contributed by atoms with Crippen LogP contribution in [0.15, 0.2) is 54.6 Å². The van der Waals surface area contributed by atoms with Gasteiger partial charge in [0.1, 0.15) is 0 Å². The number of benzene rings is 2. The highest BCUT2D eigenvalue weighted by molar-refractivity contribution is 5.97. The number of Topliss-reactive ketones (excluding diaryl/α,β-unsaturated/α-hetero) is 1. The van der Waals surface area contributed by atoms with E-state index in [4.69, 9.17) is 0 Å². The lowest BCUT2D eigenvalue weighted by atomic mass is 9.99. The van der Waals surface area contributed by atoms with Gasteiger partial charge in [0.25, 0.3) is 0 Å². The number of carbonyl (C=O) groups excluding carboxylic acids is 1. The SMILES string of the molecule is CC(C[N+]([O-])=Cc1ccc(N(C)C)cc1)C(=O)c1ccccc1. The number of hydroxylamine groups is 1. The first-order valence-electron chi connectivity index (χ1n) is 7.62. The lowest BCUT2D eigenvalue weighted by Crippen LogP contribution is -2.22. The average molecular weight is 310 g/mol. The summed E-state index contributed by atoms with van der Waals surface area (Å²) in [5.41, 5.74) is 2.54. The molecule has 2 rings (SSSR count). The van der Waals surface area contributed by atoms with Gasteiger partial charge in [0.05, 0.1) is 5.92 Å². The summed E-state index contributed by atoms with van der Waals surface area (Å²) in [5.74, 6) is -0.366. The Labute approximate surface area is 137 Å². The molecule has 0 radical (unpaired) electrons. The highest BCUT2D eigenvalue weighted by Gasteiger charge is 2.18. The first kappa shape index (κ1) is 16.7. The molecule has 1 unspecified atom stereocenters. The molecule has 4 nitrogen and oxygen atoms in total. The predicted molar refractivity (Wildman–Crippen MR) is 94.4 cm³/mol. The van der Waals surface area contributed by atoms with Gasteiger partial charge in [0.15, 0.2) is 18.5 Å². The zero-order valence-corrected chi connectivity index (χ0v) is 13.8. The Balaban J connectivity index is 2.02. The van der Waals surface area contributed by atoms with Gasteiger partial charge in [0, 0.05) is 30.9 Å². The van der Waals surface area contributed by atoms with Crippen molar-refractivity contribution < 1.29 is 9.53 Å². The summed E-state index contributed by atoms with van der Waals surface area (Å²) in [6.45, 7) is 1.92. The highest BCUT2D eigenvalue weighted by atomic mass is 16.5. The van der Waals surface area contributed by atoms with Crippen LogP contribution in [0.2, 0.25) is 0 Å². The van der Waals surface area contributed by atoms with Gasteiger partial charge in [-0.3, -0.25) is 4.79 Å². The molecule has 0 aliphatic rings. The second-order valence-corrected chi connectivity index (χ2v) is 5.85. The number of ketones is 1. The van der Waals surface area contributed by atoms with Gasteiger partial charge in [-0.05, 0) is 31.2 Å². The van der Waals surface area contributed by atoms with Crippen LogP contribution in [0, 0.1) is 11.1 Å². The third kappa shape index (κ3) is 4.68. The summed E-state index contributed by atoms with van der Waals surface area (Å²) >= 11 is 0. The van der Waals surface area contributed by atoms with E-state index in [2.05, 4.69) is 0 Å². The summed E-state index contributed by atoms with van der Waals surface area (Å²) in [6.07, 6.45) is 1.52. The van der Waals surface area contributed by atoms with Gasteiger partial charge in [-0.25, -0.2) is 4.74 Å². The molecule has 0 aliphatic heterocycles. The molecule has 0 spiro atoms. The van der Waals surface area contributed by atoms with E-state index in [1.54, 1.807) is 19.1 Å². The van der Waals surface area contributed by atoms with Crippen LogP contribution in [-0.2, 0) is 0 Å². The largest absolute Gasteiger partial charge is 0.624 e. The van der Waals surface area contributed by atoms with Gasteiger partial charge in [0.2, 0.25) is 0 Å². The maximum Gasteiger partial charge on any atom is 0.181 e. The molecule has 0 aromatic heterocycles. The molecule has 0 saturated carbocycles. The van der Waals surface area contributed by atoms with Crippen molar-refractivity contribution in [1.82, 2.24) is 0 Å². The van der Waals surface area contributed by atoms with Gasteiger partial charge in [-0.15, -0.1) is 0 Å². The summed E-state index contributed by atoms with van der Waals surface area (Å²) in [5, 5.41) is 12.1. The van der Waals surface area contributed by atoms with Crippen molar-refractivity contribution in [2.45, 2.75) is 6.92 Å². The number of anilines is 1. The summed E-state index contributed by atoms with van der Waals surface area (Å²) in [7, 11) is 3.94. The molecule has 2 aromatic carbocycles. The van der Waals surface area contributed by atoms with Crippen molar-refractivity contribution >= 4 is 17.7 Å². The van der Waals surface area contributed by atoms with Crippen LogP contribution in [0.5, 0.6) is 0 Å². The van der Waals surface area contributed by atoms with Gasteiger partial charge in [-0.1, -0.05) is 30.3 Å². The number of rotatable bonds is 6. The summed E-state index contributed by atoms with van der Waals surface area (Å²) in [4.78, 5) is 14.3. The molecule has 0 aliphatic carbocycles. The molecule has 0 heterocycles. The van der Waals surface area contributed by atoms with E-state index in [1.165, 1.54) is 6.21 Å². The van der Waals surface area contributed by atoms with E-state index >= 15 is 0 Å². The molecule has 1 atom stereocenters. The smallest absolute Gasteiger partial charge is 0.181 e. The molecule has 0 saturated heterocycles. The molecule has 0 fully saturated rings. The molecular weight excluding hydrogens is 288 g/mol. The van der Waals surface area contributed by atoms with E-state index in [0.29, 0.717) is 5.56 Å². The second-order valence-electron chi connectivity index (χ2n) is 5.85. The van der Waals surface area contributed by atoms with Gasteiger partial charge < -0.3 is 10.1 Å². The van der Waals surface area contributed by atoms with Crippen molar-refractivity contribution in [2.24, 2.45) is 5.92 Å². The fourth-order valence-corrected chi connectivity index (χ4v) is 2.32. The molecule has 23 heavy (non-hydrogen) atoms. The molecule has 4 heteroatoms. The Kier molecular flexibility index (Phi) is 5.52. The third-order valence-corrected chi connectivity index (χ3v) is 3.66. The Bertz CT molecular complexity index is 676. The number of hydrogen-bond acceptors (Lipinski definition) is 3. The Morgan fingerprint density at radius 1 is 1.13 bits per heavy atom. The first-order chi connectivity index (χ1) is 11.0. The van der Waals surface area contributed by atoms with Crippen molar-refractivity contribution in [1.29, 1.82) is 0 Å². The van der Waals surface area contributed by atoms with E-state index < -0.39 is 0 Å². The van der Waals surface area contributed by atoms with E-state index in [0.717, 1.165) is 16.0 Å². The zero-order valence-electron chi connectivity index (χ0n) is 13.8. The molecule has 0 bridgehead atoms. The summed E-state index contributed by atoms with van der Waals surface area (Å²) < 4.78 is 0.830. The molecule has 120 valence electrons. The standard InChI is InChI=1S/C19H22N2O2/c1-15(19(22)17-7-5-4-6-8-17)13-21(23)14-16-9-11-18(12-10-16)20(2)3/h4-12,14-15H,13H2,1-3H3. The van der Waals surface area contributed by atoms with E-state index in [1.807, 2.05) is 61.5 Å². The quantitative estimate of drug-likeness (QED) is 0.271. The first-order valence-corrected chi connectivity index (χ1v) is 7.62. The minimum atomic E-state index is -0.354. The number of carbonyl (C=O) groups is 1. The average Bonchev–Trinajstić information content (AvgIpc) is 2.55. The molecular formula is C19H22N2O2. The Morgan fingerprint density at radius 3 is 2.30 bits per heavy atom. The monoisotopic (exact) mass is 310 g/mol. The van der Waals surface area contributed by atoms with Crippen LogP contribution in [0.4, 0.5) is 5.69 Å². The lowest BCUT2D eigenvalue weighted by Gasteiger charge is -2.12. The number of nitrogens with zero attached hydrogens (tertiary/aromatic N) is 2. The van der Waals surface area contributed by atoms with Crippen LogP contribution in [0.25, 0.3) is 0 Å². The lowest BCUT2D eigenvalue weighted by molar-refractivity contribution is -0.457. The van der Waals surface area contributed by atoms with Crippen LogP contribution in [-0.4, -0.2) is 37.4 Å². The topological polar surface area (TPSA) is 46.4 Å². The van der Waals surface area contributed by atoms with Crippen molar-refractivity contribution in [3.05, 3.63) is 70.9 Å². The molecule has 0 N–H and O–H groups in total. The van der Waals surface area contributed by atoms with E-state index in [9.17, 15) is 10.0 Å².